The van der Waals surface area contributed by atoms with E-state index >= 15 is 0 Å². The largest absolute Gasteiger partial charge is 0.478 e. The van der Waals surface area contributed by atoms with Gasteiger partial charge in [0, 0.05) is 5.69 Å². The summed E-state index contributed by atoms with van der Waals surface area (Å²) >= 11 is 12.0. The molecular formula is C16H10Cl2N2O4. The van der Waals surface area contributed by atoms with E-state index in [1.54, 1.807) is 18.2 Å². The summed E-state index contributed by atoms with van der Waals surface area (Å²) in [7, 11) is 0. The van der Waals surface area contributed by atoms with Crippen LogP contribution < -0.4 is 9.80 Å². The van der Waals surface area contributed by atoms with Gasteiger partial charge >= 0.3 is 12.0 Å². The summed E-state index contributed by atoms with van der Waals surface area (Å²) in [6.45, 7) is -0.218. The van der Waals surface area contributed by atoms with Gasteiger partial charge in [0.25, 0.3) is 5.91 Å². The normalized spacial score (nSPS) is 14.4. The smallest absolute Gasteiger partial charge is 0.336 e. The number of nitrogens with zero attached hydrogens (tertiary/aromatic N) is 2. The predicted molar refractivity (Wildman–Crippen MR) is 90.1 cm³/mol. The second-order valence-corrected chi connectivity index (χ2v) is 5.81. The van der Waals surface area contributed by atoms with E-state index in [1.807, 2.05) is 0 Å². The summed E-state index contributed by atoms with van der Waals surface area (Å²) in [5.74, 6) is -1.60. The fourth-order valence-corrected chi connectivity index (χ4v) is 2.79. The van der Waals surface area contributed by atoms with Crippen molar-refractivity contribution in [1.29, 1.82) is 0 Å². The van der Waals surface area contributed by atoms with Crippen LogP contribution in [0.2, 0.25) is 10.0 Å². The molecule has 1 aliphatic rings. The van der Waals surface area contributed by atoms with Gasteiger partial charge in [-0.1, -0.05) is 35.3 Å². The summed E-state index contributed by atoms with van der Waals surface area (Å²) in [6.07, 6.45) is 0. The standard InChI is InChI=1S/C16H10Cl2N2O4/c17-11-5-2-6-12(14(11)18)20-13(21)8-19(16(20)24)10-4-1-3-9(7-10)15(22)23/h1-7H,8H2,(H,22,23). The number of hydrogen-bond acceptors (Lipinski definition) is 3. The highest BCUT2D eigenvalue weighted by molar-refractivity contribution is 6.45. The van der Waals surface area contributed by atoms with Crippen LogP contribution in [0.4, 0.5) is 16.2 Å². The number of amides is 3. The lowest BCUT2D eigenvalue weighted by molar-refractivity contribution is -0.115. The Morgan fingerprint density at radius 2 is 1.79 bits per heavy atom. The van der Waals surface area contributed by atoms with Crippen LogP contribution in [0.3, 0.4) is 0 Å². The van der Waals surface area contributed by atoms with Crippen LogP contribution in [0.15, 0.2) is 42.5 Å². The molecule has 0 aromatic heterocycles. The predicted octanol–water partition coefficient (Wildman–Crippen LogP) is 3.66. The average molecular weight is 365 g/mol. The van der Waals surface area contributed by atoms with Crippen LogP contribution in [-0.2, 0) is 4.79 Å². The third kappa shape index (κ3) is 2.70. The van der Waals surface area contributed by atoms with Crippen LogP contribution in [0.25, 0.3) is 0 Å². The maximum absolute atomic E-state index is 12.6. The number of carboxylic acid groups (broad SMARTS) is 1. The summed E-state index contributed by atoms with van der Waals surface area (Å²) in [6, 6.07) is 9.82. The van der Waals surface area contributed by atoms with E-state index < -0.39 is 17.9 Å². The molecule has 8 heteroatoms. The number of benzene rings is 2. The highest BCUT2D eigenvalue weighted by Crippen LogP contribution is 2.35. The van der Waals surface area contributed by atoms with Gasteiger partial charge in [-0.05, 0) is 30.3 Å². The van der Waals surface area contributed by atoms with Gasteiger partial charge in [0.05, 0.1) is 21.3 Å². The Hall–Kier alpha value is -2.57. The molecule has 0 spiro atoms. The Bertz CT molecular complexity index is 869. The lowest BCUT2D eigenvalue weighted by Crippen LogP contribution is -2.33. The van der Waals surface area contributed by atoms with Crippen LogP contribution >= 0.6 is 23.2 Å². The van der Waals surface area contributed by atoms with Crippen LogP contribution in [-0.4, -0.2) is 29.6 Å². The molecule has 0 radical (unpaired) electrons. The van der Waals surface area contributed by atoms with E-state index in [9.17, 15) is 14.4 Å². The topological polar surface area (TPSA) is 77.9 Å². The number of anilines is 2. The van der Waals surface area contributed by atoms with E-state index in [1.165, 1.54) is 29.2 Å². The molecule has 0 atom stereocenters. The van der Waals surface area contributed by atoms with Gasteiger partial charge in [-0.2, -0.15) is 0 Å². The maximum atomic E-state index is 12.6. The Kier molecular flexibility index (Phi) is 4.17. The third-order valence-electron chi connectivity index (χ3n) is 3.54. The molecule has 1 saturated heterocycles. The molecule has 2 aromatic carbocycles. The minimum Gasteiger partial charge on any atom is -0.478 e. The van der Waals surface area contributed by atoms with Gasteiger partial charge in [0.1, 0.15) is 6.54 Å². The first-order valence-corrected chi connectivity index (χ1v) is 7.57. The number of aromatic carboxylic acids is 1. The van der Waals surface area contributed by atoms with Crippen molar-refractivity contribution in [3.8, 4) is 0 Å². The second kappa shape index (κ2) is 6.14. The zero-order chi connectivity index (χ0) is 17.4. The Labute approximate surface area is 146 Å². The molecule has 0 saturated carbocycles. The highest BCUT2D eigenvalue weighted by Gasteiger charge is 2.39. The zero-order valence-corrected chi connectivity index (χ0v) is 13.6. The van der Waals surface area contributed by atoms with Gasteiger partial charge in [0.2, 0.25) is 0 Å². The molecule has 1 heterocycles. The van der Waals surface area contributed by atoms with Crippen molar-refractivity contribution in [1.82, 2.24) is 0 Å². The van der Waals surface area contributed by atoms with E-state index in [0.29, 0.717) is 5.69 Å². The van der Waals surface area contributed by atoms with Crippen LogP contribution in [0.5, 0.6) is 0 Å². The molecule has 1 N–H and O–H groups in total. The zero-order valence-electron chi connectivity index (χ0n) is 12.1. The Morgan fingerprint density at radius 1 is 1.08 bits per heavy atom. The minimum atomic E-state index is -1.12. The van der Waals surface area contributed by atoms with Crippen molar-refractivity contribution in [3.63, 3.8) is 0 Å². The van der Waals surface area contributed by atoms with E-state index in [2.05, 4.69) is 0 Å². The van der Waals surface area contributed by atoms with Crippen molar-refractivity contribution in [3.05, 3.63) is 58.1 Å². The second-order valence-electron chi connectivity index (χ2n) is 5.03. The molecule has 0 unspecified atom stereocenters. The van der Waals surface area contributed by atoms with Crippen molar-refractivity contribution in [2.75, 3.05) is 16.3 Å². The first kappa shape index (κ1) is 16.3. The highest BCUT2D eigenvalue weighted by atomic mass is 35.5. The first-order valence-electron chi connectivity index (χ1n) is 6.82. The van der Waals surface area contributed by atoms with E-state index in [-0.39, 0.29) is 27.8 Å². The third-order valence-corrected chi connectivity index (χ3v) is 4.35. The van der Waals surface area contributed by atoms with Crippen molar-refractivity contribution in [2.45, 2.75) is 0 Å². The molecule has 0 bridgehead atoms. The number of carbonyl (C=O) groups excluding carboxylic acids is 2. The number of hydrogen-bond donors (Lipinski definition) is 1. The number of rotatable bonds is 3. The van der Waals surface area contributed by atoms with Crippen LogP contribution in [0, 0.1) is 0 Å². The summed E-state index contributed by atoms with van der Waals surface area (Å²) < 4.78 is 0. The van der Waals surface area contributed by atoms with Gasteiger partial charge in [-0.15, -0.1) is 0 Å². The van der Waals surface area contributed by atoms with Gasteiger partial charge in [0.15, 0.2) is 0 Å². The summed E-state index contributed by atoms with van der Waals surface area (Å²) in [5, 5.41) is 9.38. The number of urea groups is 1. The molecule has 3 rings (SSSR count). The minimum absolute atomic E-state index is 0.0204. The van der Waals surface area contributed by atoms with Gasteiger partial charge in [-0.25, -0.2) is 14.5 Å². The molecule has 24 heavy (non-hydrogen) atoms. The summed E-state index contributed by atoms with van der Waals surface area (Å²) in [5.41, 5.74) is 0.525. The van der Waals surface area contributed by atoms with E-state index in [0.717, 1.165) is 4.90 Å². The van der Waals surface area contributed by atoms with Gasteiger partial charge < -0.3 is 5.11 Å². The van der Waals surface area contributed by atoms with Crippen molar-refractivity contribution >= 4 is 52.5 Å². The van der Waals surface area contributed by atoms with E-state index in [4.69, 9.17) is 28.3 Å². The molecule has 0 aliphatic carbocycles. The lowest BCUT2D eigenvalue weighted by Gasteiger charge is -2.18. The molecule has 2 aromatic rings. The molecule has 1 fully saturated rings. The Morgan fingerprint density at radius 3 is 2.50 bits per heavy atom. The first-order chi connectivity index (χ1) is 11.4. The molecule has 6 nitrogen and oxygen atoms in total. The molecule has 122 valence electrons. The average Bonchev–Trinajstić information content (AvgIpc) is 2.85. The fourth-order valence-electron chi connectivity index (χ4n) is 2.41. The van der Waals surface area contributed by atoms with Gasteiger partial charge in [-0.3, -0.25) is 9.69 Å². The monoisotopic (exact) mass is 364 g/mol. The SMILES string of the molecule is O=C(O)c1cccc(N2CC(=O)N(c3cccc(Cl)c3Cl)C2=O)c1. The summed E-state index contributed by atoms with van der Waals surface area (Å²) in [4.78, 5) is 38.1. The van der Waals surface area contributed by atoms with Crippen LogP contribution in [0.1, 0.15) is 10.4 Å². The number of imide groups is 1. The van der Waals surface area contributed by atoms with Crippen molar-refractivity contribution < 1.29 is 19.5 Å². The number of halogens is 2. The Balaban J connectivity index is 1.99. The fraction of sp³-hybridized carbons (Fsp3) is 0.0625. The lowest BCUT2D eigenvalue weighted by atomic mass is 10.2. The molecular weight excluding hydrogens is 355 g/mol. The number of carboxylic acids is 1. The van der Waals surface area contributed by atoms with Crippen molar-refractivity contribution in [2.24, 2.45) is 0 Å². The quantitative estimate of drug-likeness (QED) is 0.842. The maximum Gasteiger partial charge on any atom is 0.336 e. The number of carbonyl (C=O) groups is 3. The molecule has 3 amide bonds. The molecule has 1 aliphatic heterocycles.